The van der Waals surface area contributed by atoms with Crippen LogP contribution in [0.1, 0.15) is 70.7 Å². The van der Waals surface area contributed by atoms with Crippen molar-refractivity contribution in [3.8, 4) is 11.4 Å². The SMILES string of the molecule is Cc1nn(C)cc1C(=O)N[C@@H]1CCc2cc(-c3noc(C4CCC4)n3)ccc21. The molecule has 2 aromatic heterocycles. The van der Waals surface area contributed by atoms with E-state index < -0.39 is 0 Å². The molecule has 1 atom stereocenters. The molecule has 0 saturated heterocycles. The van der Waals surface area contributed by atoms with Crippen molar-refractivity contribution in [2.24, 2.45) is 7.05 Å². The molecule has 28 heavy (non-hydrogen) atoms. The number of carbonyl (C=O) groups is 1. The van der Waals surface area contributed by atoms with Crippen molar-refractivity contribution in [2.45, 2.75) is 51.0 Å². The fraction of sp³-hybridized carbons (Fsp3) is 0.429. The minimum absolute atomic E-state index is 0.0203. The predicted octanol–water partition coefficient (Wildman–Crippen LogP) is 3.46. The molecule has 1 fully saturated rings. The number of aryl methyl sites for hydroxylation is 3. The molecule has 7 heteroatoms. The highest BCUT2D eigenvalue weighted by Crippen LogP contribution is 2.37. The molecule has 1 aromatic carbocycles. The van der Waals surface area contributed by atoms with Crippen molar-refractivity contribution < 1.29 is 9.32 Å². The van der Waals surface area contributed by atoms with Crippen LogP contribution in [0.2, 0.25) is 0 Å². The van der Waals surface area contributed by atoms with E-state index in [-0.39, 0.29) is 11.9 Å². The van der Waals surface area contributed by atoms with E-state index in [9.17, 15) is 4.79 Å². The maximum absolute atomic E-state index is 12.6. The third-order valence-electron chi connectivity index (χ3n) is 5.94. The lowest BCUT2D eigenvalue weighted by Crippen LogP contribution is -2.27. The summed E-state index contributed by atoms with van der Waals surface area (Å²) in [5.74, 6) is 1.78. The Hall–Kier alpha value is -2.96. The highest BCUT2D eigenvalue weighted by molar-refractivity contribution is 5.95. The van der Waals surface area contributed by atoms with E-state index in [0.717, 1.165) is 42.8 Å². The van der Waals surface area contributed by atoms with E-state index in [1.54, 1.807) is 10.9 Å². The highest BCUT2D eigenvalue weighted by Gasteiger charge is 2.28. The number of fused-ring (bicyclic) bond motifs is 1. The van der Waals surface area contributed by atoms with Crippen molar-refractivity contribution in [3.63, 3.8) is 0 Å². The average Bonchev–Trinajstić information content (AvgIpc) is 3.33. The zero-order chi connectivity index (χ0) is 19.3. The van der Waals surface area contributed by atoms with E-state index in [0.29, 0.717) is 17.3 Å². The molecule has 0 aliphatic heterocycles. The number of hydrogen-bond acceptors (Lipinski definition) is 5. The summed E-state index contributed by atoms with van der Waals surface area (Å²) in [7, 11) is 1.82. The monoisotopic (exact) mass is 377 g/mol. The summed E-state index contributed by atoms with van der Waals surface area (Å²) in [6, 6.07) is 6.25. The standard InChI is InChI=1S/C21H23N5O2/c1-12-17(11-26(2)24-12)20(27)22-18-9-7-14-10-15(6-8-16(14)18)19-23-21(28-25-19)13-4-3-5-13/h6,8,10-11,13,18H,3-5,7,9H2,1-2H3,(H,22,27)/t18-/m1/s1. The zero-order valence-electron chi connectivity index (χ0n) is 16.1. The van der Waals surface area contributed by atoms with Crippen LogP contribution in [0.4, 0.5) is 0 Å². The molecule has 0 unspecified atom stereocenters. The van der Waals surface area contributed by atoms with Crippen LogP contribution in [0.3, 0.4) is 0 Å². The predicted molar refractivity (Wildman–Crippen MR) is 103 cm³/mol. The largest absolute Gasteiger partial charge is 0.345 e. The van der Waals surface area contributed by atoms with E-state index in [1.165, 1.54) is 17.5 Å². The van der Waals surface area contributed by atoms with Gasteiger partial charge in [0.1, 0.15) is 0 Å². The molecule has 2 heterocycles. The van der Waals surface area contributed by atoms with Crippen molar-refractivity contribution in [3.05, 3.63) is 52.7 Å². The molecule has 1 N–H and O–H groups in total. The molecule has 5 rings (SSSR count). The van der Waals surface area contributed by atoms with Gasteiger partial charge in [0.2, 0.25) is 11.7 Å². The molecule has 3 aromatic rings. The summed E-state index contributed by atoms with van der Waals surface area (Å²) in [5.41, 5.74) is 4.75. The van der Waals surface area contributed by atoms with Crippen LogP contribution in [0.15, 0.2) is 28.9 Å². The topological polar surface area (TPSA) is 85.8 Å². The quantitative estimate of drug-likeness (QED) is 0.752. The van der Waals surface area contributed by atoms with E-state index in [4.69, 9.17) is 4.52 Å². The number of amides is 1. The van der Waals surface area contributed by atoms with Gasteiger partial charge >= 0.3 is 0 Å². The van der Waals surface area contributed by atoms with Crippen LogP contribution in [0.25, 0.3) is 11.4 Å². The number of nitrogens with one attached hydrogen (secondary N) is 1. The molecule has 0 radical (unpaired) electrons. The Bertz CT molecular complexity index is 1050. The van der Waals surface area contributed by atoms with Crippen LogP contribution >= 0.6 is 0 Å². The van der Waals surface area contributed by atoms with Gasteiger partial charge in [0.15, 0.2) is 0 Å². The number of aromatic nitrogens is 4. The first kappa shape index (κ1) is 17.2. The smallest absolute Gasteiger partial charge is 0.255 e. The molecule has 144 valence electrons. The molecular weight excluding hydrogens is 354 g/mol. The minimum atomic E-state index is -0.0733. The lowest BCUT2D eigenvalue weighted by molar-refractivity contribution is 0.0936. The summed E-state index contributed by atoms with van der Waals surface area (Å²) in [6.07, 6.45) is 7.11. The zero-order valence-corrected chi connectivity index (χ0v) is 16.1. The molecule has 2 aliphatic carbocycles. The van der Waals surface area contributed by atoms with Gasteiger partial charge in [-0.1, -0.05) is 23.7 Å². The van der Waals surface area contributed by atoms with Gasteiger partial charge in [0, 0.05) is 24.7 Å². The number of hydrogen-bond donors (Lipinski definition) is 1. The van der Waals surface area contributed by atoms with Crippen LogP contribution in [0.5, 0.6) is 0 Å². The second-order valence-corrected chi connectivity index (χ2v) is 7.86. The van der Waals surface area contributed by atoms with E-state index in [1.807, 2.05) is 20.0 Å². The number of nitrogens with zero attached hydrogens (tertiary/aromatic N) is 4. The lowest BCUT2D eigenvalue weighted by atomic mass is 9.85. The van der Waals surface area contributed by atoms with Crippen molar-refractivity contribution in [2.75, 3.05) is 0 Å². The van der Waals surface area contributed by atoms with E-state index >= 15 is 0 Å². The highest BCUT2D eigenvalue weighted by atomic mass is 16.5. The van der Waals surface area contributed by atoms with Gasteiger partial charge in [0.25, 0.3) is 5.91 Å². The summed E-state index contributed by atoms with van der Waals surface area (Å²) >= 11 is 0. The van der Waals surface area contributed by atoms with E-state index in [2.05, 4.69) is 32.7 Å². The summed E-state index contributed by atoms with van der Waals surface area (Å²) in [4.78, 5) is 17.2. The molecular formula is C21H23N5O2. The Labute approximate surface area is 163 Å². The van der Waals surface area contributed by atoms with Gasteiger partial charge < -0.3 is 9.84 Å². The van der Waals surface area contributed by atoms with Crippen LogP contribution in [-0.4, -0.2) is 25.8 Å². The molecule has 1 saturated carbocycles. The van der Waals surface area contributed by atoms with Crippen molar-refractivity contribution in [1.82, 2.24) is 25.2 Å². The maximum atomic E-state index is 12.6. The van der Waals surface area contributed by atoms with Crippen LogP contribution < -0.4 is 5.32 Å². The van der Waals surface area contributed by atoms with Crippen molar-refractivity contribution in [1.29, 1.82) is 0 Å². The van der Waals surface area contributed by atoms with Crippen LogP contribution in [-0.2, 0) is 13.5 Å². The second-order valence-electron chi connectivity index (χ2n) is 7.86. The minimum Gasteiger partial charge on any atom is -0.345 e. The fourth-order valence-corrected chi connectivity index (χ4v) is 4.14. The molecule has 0 spiro atoms. The Balaban J connectivity index is 1.34. The van der Waals surface area contributed by atoms with Gasteiger partial charge in [0.05, 0.1) is 17.3 Å². The number of rotatable bonds is 4. The Morgan fingerprint density at radius 1 is 1.29 bits per heavy atom. The first-order chi connectivity index (χ1) is 13.6. The molecule has 1 amide bonds. The number of carbonyl (C=O) groups excluding carboxylic acids is 1. The third-order valence-corrected chi connectivity index (χ3v) is 5.94. The third kappa shape index (κ3) is 2.91. The van der Waals surface area contributed by atoms with Gasteiger partial charge in [-0.05, 0) is 49.8 Å². The Morgan fingerprint density at radius 2 is 2.14 bits per heavy atom. The summed E-state index contributed by atoms with van der Waals surface area (Å²) in [5, 5.41) is 11.6. The van der Waals surface area contributed by atoms with Gasteiger partial charge in [-0.2, -0.15) is 10.1 Å². The first-order valence-electron chi connectivity index (χ1n) is 9.86. The Kier molecular flexibility index (Phi) is 4.03. The summed E-state index contributed by atoms with van der Waals surface area (Å²) < 4.78 is 7.12. The molecule has 2 aliphatic rings. The van der Waals surface area contributed by atoms with Gasteiger partial charge in [-0.3, -0.25) is 9.48 Å². The summed E-state index contributed by atoms with van der Waals surface area (Å²) in [6.45, 7) is 1.85. The fourth-order valence-electron chi connectivity index (χ4n) is 4.14. The van der Waals surface area contributed by atoms with Crippen LogP contribution in [0, 0.1) is 6.92 Å². The number of benzene rings is 1. The molecule has 7 nitrogen and oxygen atoms in total. The lowest BCUT2D eigenvalue weighted by Gasteiger charge is -2.20. The maximum Gasteiger partial charge on any atom is 0.255 e. The molecule has 0 bridgehead atoms. The van der Waals surface area contributed by atoms with Gasteiger partial charge in [-0.15, -0.1) is 0 Å². The van der Waals surface area contributed by atoms with Crippen molar-refractivity contribution >= 4 is 5.91 Å². The van der Waals surface area contributed by atoms with Gasteiger partial charge in [-0.25, -0.2) is 0 Å². The second kappa shape index (κ2) is 6.58. The Morgan fingerprint density at radius 3 is 2.86 bits per heavy atom. The average molecular weight is 377 g/mol. The first-order valence-corrected chi connectivity index (χ1v) is 9.86. The normalized spacial score (nSPS) is 18.7.